The molecule has 2 aromatic heterocycles. The molecule has 7 heteroatoms. The van der Waals surface area contributed by atoms with Crippen LogP contribution in [0.15, 0.2) is 41.1 Å². The van der Waals surface area contributed by atoms with Gasteiger partial charge in [0, 0.05) is 16.9 Å². The number of nitrogens with zero attached hydrogens (tertiary/aromatic N) is 5. The van der Waals surface area contributed by atoms with Crippen molar-refractivity contribution in [2.45, 2.75) is 13.5 Å². The maximum Gasteiger partial charge on any atom is 0.316 e. The molecular weight excluding hydrogens is 346 g/mol. The summed E-state index contributed by atoms with van der Waals surface area (Å²) in [5.74, 6) is 1.45. The van der Waals surface area contributed by atoms with Crippen LogP contribution < -0.4 is 4.74 Å². The van der Waals surface area contributed by atoms with Gasteiger partial charge in [0.15, 0.2) is 5.82 Å². The van der Waals surface area contributed by atoms with E-state index in [0.29, 0.717) is 18.4 Å². The average Bonchev–Trinajstić information content (AvgIpc) is 2.88. The molecule has 0 aliphatic rings. The van der Waals surface area contributed by atoms with Gasteiger partial charge < -0.3 is 4.74 Å². The van der Waals surface area contributed by atoms with Gasteiger partial charge in [-0.15, -0.1) is 0 Å². The Morgan fingerprint density at radius 1 is 1.23 bits per heavy atom. The van der Waals surface area contributed by atoms with Crippen LogP contribution in [0.1, 0.15) is 11.4 Å². The lowest BCUT2D eigenvalue weighted by molar-refractivity contribution is 0.380. The van der Waals surface area contributed by atoms with Crippen molar-refractivity contribution in [1.29, 1.82) is 0 Å². The van der Waals surface area contributed by atoms with Gasteiger partial charge in [-0.25, -0.2) is 19.6 Å². The number of methoxy groups -OCH3 is 1. The molecule has 0 saturated heterocycles. The van der Waals surface area contributed by atoms with Gasteiger partial charge in [-0.1, -0.05) is 28.1 Å². The molecule has 0 fully saturated rings. The summed E-state index contributed by atoms with van der Waals surface area (Å²) in [5, 5.41) is 4.53. The van der Waals surface area contributed by atoms with Crippen molar-refractivity contribution in [3.8, 4) is 17.4 Å². The van der Waals surface area contributed by atoms with Crippen LogP contribution in [0.25, 0.3) is 11.4 Å². The Morgan fingerprint density at radius 3 is 2.68 bits per heavy atom. The Kier molecular flexibility index (Phi) is 4.15. The molecule has 1 aromatic carbocycles. The van der Waals surface area contributed by atoms with Crippen LogP contribution in [0.2, 0.25) is 0 Å². The average molecular weight is 360 g/mol. The predicted octanol–water partition coefficient (Wildman–Crippen LogP) is 2.86. The van der Waals surface area contributed by atoms with Crippen molar-refractivity contribution in [2.75, 3.05) is 7.11 Å². The highest BCUT2D eigenvalue weighted by atomic mass is 79.9. The van der Waals surface area contributed by atoms with Crippen molar-refractivity contribution in [3.63, 3.8) is 0 Å². The molecule has 112 valence electrons. The third-order valence-corrected chi connectivity index (χ3v) is 3.64. The molecule has 2 heterocycles. The molecule has 0 spiro atoms. The largest absolute Gasteiger partial charge is 0.467 e. The second-order valence-corrected chi connectivity index (χ2v) is 5.64. The van der Waals surface area contributed by atoms with E-state index in [0.717, 1.165) is 21.4 Å². The second kappa shape index (κ2) is 6.23. The molecule has 0 unspecified atom stereocenters. The van der Waals surface area contributed by atoms with Gasteiger partial charge in [0.1, 0.15) is 5.82 Å². The molecule has 0 aliphatic heterocycles. The van der Waals surface area contributed by atoms with E-state index in [1.807, 2.05) is 23.7 Å². The highest BCUT2D eigenvalue weighted by Gasteiger charge is 2.10. The molecule has 0 N–H and O–H groups in total. The molecule has 6 nitrogen and oxygen atoms in total. The zero-order valence-corrected chi connectivity index (χ0v) is 13.8. The predicted molar refractivity (Wildman–Crippen MR) is 85.6 cm³/mol. The molecule has 0 saturated carbocycles. The molecule has 22 heavy (non-hydrogen) atoms. The zero-order chi connectivity index (χ0) is 15.5. The van der Waals surface area contributed by atoms with E-state index in [2.05, 4.69) is 48.1 Å². The number of aromatic nitrogens is 5. The van der Waals surface area contributed by atoms with Gasteiger partial charge in [-0.05, 0) is 24.6 Å². The van der Waals surface area contributed by atoms with Crippen molar-refractivity contribution in [3.05, 3.63) is 52.5 Å². The van der Waals surface area contributed by atoms with Crippen LogP contribution in [-0.2, 0) is 6.54 Å². The number of rotatable bonds is 4. The summed E-state index contributed by atoms with van der Waals surface area (Å²) in [6.07, 6.45) is 3.31. The number of hydrogen-bond acceptors (Lipinski definition) is 5. The third kappa shape index (κ3) is 3.14. The highest BCUT2D eigenvalue weighted by Crippen LogP contribution is 2.17. The van der Waals surface area contributed by atoms with Crippen LogP contribution in [-0.4, -0.2) is 31.8 Å². The van der Waals surface area contributed by atoms with Crippen LogP contribution in [0, 0.1) is 6.92 Å². The Bertz CT molecular complexity index is 785. The van der Waals surface area contributed by atoms with Crippen LogP contribution in [0.3, 0.4) is 0 Å². The Hall–Kier alpha value is -2.28. The van der Waals surface area contributed by atoms with E-state index >= 15 is 0 Å². The number of halogens is 1. The van der Waals surface area contributed by atoms with Gasteiger partial charge in [-0.2, -0.15) is 5.10 Å². The first-order valence-electron chi connectivity index (χ1n) is 6.68. The SMILES string of the molecule is COc1ncc(-c2nc(C)n(Cc3cccc(Br)c3)n2)cn1. The molecule has 3 rings (SSSR count). The van der Waals surface area contributed by atoms with E-state index in [9.17, 15) is 0 Å². The van der Waals surface area contributed by atoms with E-state index in [1.165, 1.54) is 7.11 Å². The molecule has 3 aromatic rings. The summed E-state index contributed by atoms with van der Waals surface area (Å²) >= 11 is 3.48. The number of hydrogen-bond donors (Lipinski definition) is 0. The highest BCUT2D eigenvalue weighted by molar-refractivity contribution is 9.10. The first-order chi connectivity index (χ1) is 10.7. The van der Waals surface area contributed by atoms with E-state index in [1.54, 1.807) is 12.4 Å². The fourth-order valence-electron chi connectivity index (χ4n) is 2.04. The molecule has 0 bridgehead atoms. The molecule has 0 radical (unpaired) electrons. The third-order valence-electron chi connectivity index (χ3n) is 3.15. The Labute approximate surface area is 136 Å². The van der Waals surface area contributed by atoms with Crippen molar-refractivity contribution < 1.29 is 4.74 Å². The summed E-state index contributed by atoms with van der Waals surface area (Å²) in [4.78, 5) is 12.6. The maximum absolute atomic E-state index is 4.95. The van der Waals surface area contributed by atoms with Gasteiger partial charge in [0.05, 0.1) is 19.2 Å². The van der Waals surface area contributed by atoms with Crippen LogP contribution in [0.4, 0.5) is 0 Å². The van der Waals surface area contributed by atoms with Gasteiger partial charge in [0.2, 0.25) is 0 Å². The standard InChI is InChI=1S/C15H14BrN5O/c1-10-19-14(12-7-17-15(22-2)18-8-12)20-21(10)9-11-4-3-5-13(16)6-11/h3-8H,9H2,1-2H3. The van der Waals surface area contributed by atoms with Gasteiger partial charge >= 0.3 is 6.01 Å². The lowest BCUT2D eigenvalue weighted by atomic mass is 10.2. The Morgan fingerprint density at radius 2 is 2.00 bits per heavy atom. The molecular formula is C15H14BrN5O. The molecule has 0 aliphatic carbocycles. The summed E-state index contributed by atoms with van der Waals surface area (Å²) in [6.45, 7) is 2.59. The first kappa shape index (κ1) is 14.6. The quantitative estimate of drug-likeness (QED) is 0.716. The summed E-state index contributed by atoms with van der Waals surface area (Å²) < 4.78 is 7.86. The fourth-order valence-corrected chi connectivity index (χ4v) is 2.48. The van der Waals surface area contributed by atoms with Crippen molar-refractivity contribution in [2.24, 2.45) is 0 Å². The first-order valence-corrected chi connectivity index (χ1v) is 7.47. The monoisotopic (exact) mass is 359 g/mol. The summed E-state index contributed by atoms with van der Waals surface area (Å²) in [6, 6.07) is 8.45. The van der Waals surface area contributed by atoms with E-state index in [-0.39, 0.29) is 0 Å². The smallest absolute Gasteiger partial charge is 0.316 e. The van der Waals surface area contributed by atoms with Gasteiger partial charge in [-0.3, -0.25) is 0 Å². The zero-order valence-electron chi connectivity index (χ0n) is 12.2. The summed E-state index contributed by atoms with van der Waals surface area (Å²) in [7, 11) is 1.53. The normalized spacial score (nSPS) is 10.7. The summed E-state index contributed by atoms with van der Waals surface area (Å²) in [5.41, 5.74) is 1.91. The van der Waals surface area contributed by atoms with Crippen molar-refractivity contribution >= 4 is 15.9 Å². The van der Waals surface area contributed by atoms with E-state index in [4.69, 9.17) is 4.74 Å². The Balaban J connectivity index is 1.86. The lowest BCUT2D eigenvalue weighted by Gasteiger charge is -2.03. The maximum atomic E-state index is 4.95. The van der Waals surface area contributed by atoms with Crippen LogP contribution >= 0.6 is 15.9 Å². The fraction of sp³-hybridized carbons (Fsp3) is 0.200. The van der Waals surface area contributed by atoms with Crippen molar-refractivity contribution in [1.82, 2.24) is 24.7 Å². The lowest BCUT2D eigenvalue weighted by Crippen LogP contribution is -2.04. The topological polar surface area (TPSA) is 65.7 Å². The van der Waals surface area contributed by atoms with Crippen LogP contribution in [0.5, 0.6) is 6.01 Å². The minimum absolute atomic E-state index is 0.328. The number of ether oxygens (including phenoxy) is 1. The minimum Gasteiger partial charge on any atom is -0.467 e. The second-order valence-electron chi connectivity index (χ2n) is 4.73. The number of aryl methyl sites for hydroxylation is 1. The minimum atomic E-state index is 0.328. The molecule has 0 atom stereocenters. The van der Waals surface area contributed by atoms with Gasteiger partial charge in [0.25, 0.3) is 0 Å². The number of benzene rings is 1. The van der Waals surface area contributed by atoms with E-state index < -0.39 is 0 Å². The molecule has 0 amide bonds.